The molecule has 2 aromatic carbocycles. The fraction of sp³-hybridized carbons (Fsp3) is 0.333. The summed E-state index contributed by atoms with van der Waals surface area (Å²) < 4.78 is 1.08. The molecule has 0 aliphatic carbocycles. The minimum Gasteiger partial charge on any atom is -0.310 e. The van der Waals surface area contributed by atoms with Gasteiger partial charge in [-0.15, -0.1) is 0 Å². The molecular weight excluding hydrogens is 346 g/mol. The third-order valence-corrected chi connectivity index (χ3v) is 4.51. The fourth-order valence-electron chi connectivity index (χ4n) is 2.55. The molecule has 0 amide bonds. The van der Waals surface area contributed by atoms with Gasteiger partial charge in [-0.05, 0) is 49.1 Å². The van der Waals surface area contributed by atoms with E-state index in [9.17, 15) is 0 Å². The molecule has 0 aromatic heterocycles. The zero-order valence-corrected chi connectivity index (χ0v) is 14.6. The van der Waals surface area contributed by atoms with Gasteiger partial charge in [0.15, 0.2) is 0 Å². The molecule has 1 nitrogen and oxygen atoms in total. The highest BCUT2D eigenvalue weighted by atomic mass is 79.9. The Morgan fingerprint density at radius 1 is 1.14 bits per heavy atom. The minimum atomic E-state index is 0.366. The number of aryl methyl sites for hydroxylation is 1. The average Bonchev–Trinajstić information content (AvgIpc) is 2.48. The van der Waals surface area contributed by atoms with Gasteiger partial charge >= 0.3 is 0 Å². The summed E-state index contributed by atoms with van der Waals surface area (Å²) >= 11 is 9.66. The Morgan fingerprint density at radius 2 is 1.90 bits per heavy atom. The van der Waals surface area contributed by atoms with Gasteiger partial charge in [-0.2, -0.15) is 0 Å². The molecule has 0 aliphatic heterocycles. The van der Waals surface area contributed by atoms with Crippen molar-refractivity contribution in [2.45, 2.75) is 32.2 Å². The SMILES string of the molecule is CCNC(CCCc1ccccc1)c1ccc(Cl)cc1Br. The van der Waals surface area contributed by atoms with E-state index in [1.165, 1.54) is 11.1 Å². The van der Waals surface area contributed by atoms with Crippen LogP contribution in [0, 0.1) is 0 Å². The highest BCUT2D eigenvalue weighted by Gasteiger charge is 2.13. The summed E-state index contributed by atoms with van der Waals surface area (Å²) in [4.78, 5) is 0. The van der Waals surface area contributed by atoms with Gasteiger partial charge in [0, 0.05) is 15.5 Å². The van der Waals surface area contributed by atoms with Crippen LogP contribution in [0.25, 0.3) is 0 Å². The first-order valence-electron chi connectivity index (χ1n) is 7.43. The molecule has 0 heterocycles. The van der Waals surface area contributed by atoms with E-state index in [-0.39, 0.29) is 0 Å². The molecule has 1 atom stereocenters. The molecule has 2 rings (SSSR count). The van der Waals surface area contributed by atoms with Crippen LogP contribution in [-0.4, -0.2) is 6.54 Å². The lowest BCUT2D eigenvalue weighted by molar-refractivity contribution is 0.496. The molecular formula is C18H21BrClN. The molecule has 0 saturated heterocycles. The lowest BCUT2D eigenvalue weighted by Crippen LogP contribution is -2.21. The molecule has 1 N–H and O–H groups in total. The Labute approximate surface area is 140 Å². The van der Waals surface area contributed by atoms with Crippen molar-refractivity contribution in [1.29, 1.82) is 0 Å². The topological polar surface area (TPSA) is 12.0 Å². The smallest absolute Gasteiger partial charge is 0.0417 e. The quantitative estimate of drug-likeness (QED) is 0.655. The van der Waals surface area contributed by atoms with E-state index in [1.807, 2.05) is 12.1 Å². The number of benzene rings is 2. The van der Waals surface area contributed by atoms with Crippen LogP contribution in [0.4, 0.5) is 0 Å². The summed E-state index contributed by atoms with van der Waals surface area (Å²) in [5, 5.41) is 4.34. The second-order valence-electron chi connectivity index (χ2n) is 5.15. The second kappa shape index (κ2) is 8.57. The van der Waals surface area contributed by atoms with Crippen LogP contribution < -0.4 is 5.32 Å². The molecule has 2 aromatic rings. The highest BCUT2D eigenvalue weighted by molar-refractivity contribution is 9.10. The van der Waals surface area contributed by atoms with Gasteiger partial charge in [0.2, 0.25) is 0 Å². The van der Waals surface area contributed by atoms with Crippen molar-refractivity contribution in [3.63, 3.8) is 0 Å². The third-order valence-electron chi connectivity index (χ3n) is 3.59. The molecule has 21 heavy (non-hydrogen) atoms. The van der Waals surface area contributed by atoms with Crippen LogP contribution in [0.5, 0.6) is 0 Å². The number of halogens is 2. The van der Waals surface area contributed by atoms with E-state index in [4.69, 9.17) is 11.6 Å². The van der Waals surface area contributed by atoms with E-state index in [0.717, 1.165) is 35.3 Å². The van der Waals surface area contributed by atoms with Crippen molar-refractivity contribution in [2.24, 2.45) is 0 Å². The van der Waals surface area contributed by atoms with Gasteiger partial charge in [0.1, 0.15) is 0 Å². The van der Waals surface area contributed by atoms with Crippen LogP contribution in [-0.2, 0) is 6.42 Å². The first-order valence-corrected chi connectivity index (χ1v) is 8.60. The van der Waals surface area contributed by atoms with Crippen molar-refractivity contribution < 1.29 is 0 Å². The Balaban J connectivity index is 1.98. The van der Waals surface area contributed by atoms with Crippen LogP contribution >= 0.6 is 27.5 Å². The summed E-state index contributed by atoms with van der Waals surface area (Å²) in [6.45, 7) is 3.11. The highest BCUT2D eigenvalue weighted by Crippen LogP contribution is 2.29. The Hall–Kier alpha value is -0.830. The summed E-state index contributed by atoms with van der Waals surface area (Å²) in [6.07, 6.45) is 3.40. The average molecular weight is 367 g/mol. The summed E-state index contributed by atoms with van der Waals surface area (Å²) in [5.41, 5.74) is 2.69. The zero-order valence-electron chi connectivity index (χ0n) is 12.3. The lowest BCUT2D eigenvalue weighted by atomic mass is 9.99. The van der Waals surface area contributed by atoms with Gasteiger partial charge in [0.25, 0.3) is 0 Å². The van der Waals surface area contributed by atoms with Crippen LogP contribution in [0.3, 0.4) is 0 Å². The van der Waals surface area contributed by atoms with E-state index in [2.05, 4.69) is 64.6 Å². The zero-order chi connectivity index (χ0) is 15.1. The van der Waals surface area contributed by atoms with Crippen molar-refractivity contribution in [2.75, 3.05) is 6.54 Å². The number of nitrogens with one attached hydrogen (secondary N) is 1. The maximum Gasteiger partial charge on any atom is 0.0417 e. The largest absolute Gasteiger partial charge is 0.310 e. The van der Waals surface area contributed by atoms with Crippen molar-refractivity contribution >= 4 is 27.5 Å². The van der Waals surface area contributed by atoms with Crippen LogP contribution in [0.1, 0.15) is 36.9 Å². The molecule has 0 fully saturated rings. The van der Waals surface area contributed by atoms with Gasteiger partial charge in [-0.25, -0.2) is 0 Å². The molecule has 1 unspecified atom stereocenters. The minimum absolute atomic E-state index is 0.366. The van der Waals surface area contributed by atoms with Crippen LogP contribution in [0.2, 0.25) is 5.02 Å². The van der Waals surface area contributed by atoms with E-state index >= 15 is 0 Å². The summed E-state index contributed by atoms with van der Waals surface area (Å²) in [7, 11) is 0. The Morgan fingerprint density at radius 3 is 2.57 bits per heavy atom. The van der Waals surface area contributed by atoms with E-state index in [0.29, 0.717) is 6.04 Å². The predicted molar refractivity (Wildman–Crippen MR) is 94.9 cm³/mol. The van der Waals surface area contributed by atoms with E-state index in [1.54, 1.807) is 0 Å². The number of rotatable bonds is 7. The maximum atomic E-state index is 6.03. The van der Waals surface area contributed by atoms with Gasteiger partial charge in [-0.1, -0.05) is 70.9 Å². The fourth-order valence-corrected chi connectivity index (χ4v) is 3.51. The molecule has 0 bridgehead atoms. The van der Waals surface area contributed by atoms with Gasteiger partial charge in [-0.3, -0.25) is 0 Å². The number of hydrogen-bond acceptors (Lipinski definition) is 1. The van der Waals surface area contributed by atoms with Gasteiger partial charge < -0.3 is 5.32 Å². The standard InChI is InChI=1S/C18H21BrClN/c1-2-21-18(16-12-11-15(20)13-17(16)19)10-6-9-14-7-4-3-5-8-14/h3-5,7-8,11-13,18,21H,2,6,9-10H2,1H3. The monoisotopic (exact) mass is 365 g/mol. The summed E-state index contributed by atoms with van der Waals surface area (Å²) in [5.74, 6) is 0. The lowest BCUT2D eigenvalue weighted by Gasteiger charge is -2.20. The maximum absolute atomic E-state index is 6.03. The van der Waals surface area contributed by atoms with E-state index < -0.39 is 0 Å². The number of hydrogen-bond donors (Lipinski definition) is 1. The molecule has 0 radical (unpaired) electrons. The molecule has 0 spiro atoms. The van der Waals surface area contributed by atoms with Crippen LogP contribution in [0.15, 0.2) is 53.0 Å². The van der Waals surface area contributed by atoms with Crippen molar-refractivity contribution in [3.05, 3.63) is 69.2 Å². The van der Waals surface area contributed by atoms with Crippen molar-refractivity contribution in [1.82, 2.24) is 5.32 Å². The molecule has 3 heteroatoms. The molecule has 112 valence electrons. The third kappa shape index (κ3) is 5.14. The first kappa shape index (κ1) is 16.5. The molecule has 0 saturated carbocycles. The molecule has 0 aliphatic rings. The normalized spacial score (nSPS) is 12.3. The van der Waals surface area contributed by atoms with Crippen molar-refractivity contribution in [3.8, 4) is 0 Å². The Kier molecular flexibility index (Phi) is 6.75. The van der Waals surface area contributed by atoms with Gasteiger partial charge in [0.05, 0.1) is 0 Å². The Bertz CT molecular complexity index is 556. The second-order valence-corrected chi connectivity index (χ2v) is 6.44. The predicted octanol–water partition coefficient (Wildman–Crippen LogP) is 5.78. The first-order chi connectivity index (χ1) is 10.2. The summed E-state index contributed by atoms with van der Waals surface area (Å²) in [6, 6.07) is 17.1.